The molecule has 0 aliphatic rings. The standard InChI is InChI=1S/C11H15NO4/c1-11(2,3)16-10(15)7-4-6(12)5-8(13)9(7)14/h4-5,13-14H,12H2,1-3H3. The number of phenolic OH excluding ortho intramolecular Hbond substituents is 2. The first-order valence-electron chi connectivity index (χ1n) is 4.75. The summed E-state index contributed by atoms with van der Waals surface area (Å²) >= 11 is 0. The number of ether oxygens (including phenoxy) is 1. The van der Waals surface area contributed by atoms with Crippen molar-refractivity contribution in [1.82, 2.24) is 0 Å². The molecule has 0 aromatic heterocycles. The third kappa shape index (κ3) is 2.79. The second-order valence-electron chi connectivity index (χ2n) is 4.44. The predicted molar refractivity (Wildman–Crippen MR) is 59.4 cm³/mol. The molecular weight excluding hydrogens is 210 g/mol. The van der Waals surface area contributed by atoms with Gasteiger partial charge in [0.25, 0.3) is 0 Å². The molecule has 0 saturated carbocycles. The van der Waals surface area contributed by atoms with Gasteiger partial charge in [0.1, 0.15) is 11.2 Å². The van der Waals surface area contributed by atoms with Gasteiger partial charge in [-0.2, -0.15) is 0 Å². The average molecular weight is 225 g/mol. The Labute approximate surface area is 93.5 Å². The highest BCUT2D eigenvalue weighted by atomic mass is 16.6. The van der Waals surface area contributed by atoms with Gasteiger partial charge in [0.2, 0.25) is 0 Å². The van der Waals surface area contributed by atoms with Crippen molar-refractivity contribution in [3.8, 4) is 11.5 Å². The van der Waals surface area contributed by atoms with Crippen LogP contribution in [-0.4, -0.2) is 21.8 Å². The van der Waals surface area contributed by atoms with Crippen LogP contribution in [0, 0.1) is 0 Å². The van der Waals surface area contributed by atoms with E-state index in [1.807, 2.05) is 0 Å². The fourth-order valence-corrected chi connectivity index (χ4v) is 1.13. The van der Waals surface area contributed by atoms with Crippen LogP contribution in [0.2, 0.25) is 0 Å². The molecule has 0 atom stereocenters. The van der Waals surface area contributed by atoms with Gasteiger partial charge < -0.3 is 20.7 Å². The SMILES string of the molecule is CC(C)(C)OC(=O)c1cc(N)cc(O)c1O. The summed E-state index contributed by atoms with van der Waals surface area (Å²) in [7, 11) is 0. The lowest BCUT2D eigenvalue weighted by atomic mass is 10.1. The fourth-order valence-electron chi connectivity index (χ4n) is 1.13. The van der Waals surface area contributed by atoms with Crippen molar-refractivity contribution < 1.29 is 19.7 Å². The first kappa shape index (κ1) is 12.2. The highest BCUT2D eigenvalue weighted by molar-refractivity contribution is 5.94. The Hall–Kier alpha value is -1.91. The molecule has 0 aliphatic heterocycles. The number of rotatable bonds is 1. The number of phenols is 2. The van der Waals surface area contributed by atoms with Crippen molar-refractivity contribution in [3.63, 3.8) is 0 Å². The molecule has 0 saturated heterocycles. The van der Waals surface area contributed by atoms with Crippen LogP contribution < -0.4 is 5.73 Å². The highest BCUT2D eigenvalue weighted by Gasteiger charge is 2.22. The minimum Gasteiger partial charge on any atom is -0.504 e. The zero-order valence-electron chi connectivity index (χ0n) is 9.44. The van der Waals surface area contributed by atoms with Crippen LogP contribution in [0.15, 0.2) is 12.1 Å². The number of anilines is 1. The number of nitrogen functional groups attached to an aromatic ring is 1. The molecule has 0 heterocycles. The van der Waals surface area contributed by atoms with Crippen LogP contribution in [-0.2, 0) is 4.74 Å². The molecule has 1 rings (SSSR count). The molecule has 5 heteroatoms. The van der Waals surface area contributed by atoms with Crippen molar-refractivity contribution in [3.05, 3.63) is 17.7 Å². The minimum atomic E-state index is -0.729. The van der Waals surface area contributed by atoms with Gasteiger partial charge in [-0.15, -0.1) is 0 Å². The molecule has 4 N–H and O–H groups in total. The molecule has 0 bridgehead atoms. The Morgan fingerprint density at radius 2 is 1.88 bits per heavy atom. The Kier molecular flexibility index (Phi) is 2.98. The van der Waals surface area contributed by atoms with Crippen LogP contribution in [0.3, 0.4) is 0 Å². The van der Waals surface area contributed by atoms with Crippen molar-refractivity contribution in [1.29, 1.82) is 0 Å². The number of benzene rings is 1. The Balaban J connectivity index is 3.09. The summed E-state index contributed by atoms with van der Waals surface area (Å²) in [4.78, 5) is 11.6. The number of hydrogen-bond donors (Lipinski definition) is 3. The Bertz CT molecular complexity index is 421. The van der Waals surface area contributed by atoms with Crippen LogP contribution in [0.5, 0.6) is 11.5 Å². The summed E-state index contributed by atoms with van der Waals surface area (Å²) < 4.78 is 5.05. The quantitative estimate of drug-likeness (QED) is 0.292. The van der Waals surface area contributed by atoms with Crippen molar-refractivity contribution in [2.24, 2.45) is 0 Å². The van der Waals surface area contributed by atoms with E-state index in [-0.39, 0.29) is 11.3 Å². The van der Waals surface area contributed by atoms with E-state index in [9.17, 15) is 15.0 Å². The highest BCUT2D eigenvalue weighted by Crippen LogP contribution is 2.32. The smallest absolute Gasteiger partial charge is 0.342 e. The first-order valence-corrected chi connectivity index (χ1v) is 4.75. The van der Waals surface area contributed by atoms with E-state index in [0.717, 1.165) is 6.07 Å². The second-order valence-corrected chi connectivity index (χ2v) is 4.44. The maximum absolute atomic E-state index is 11.6. The number of aromatic hydroxyl groups is 2. The fraction of sp³-hybridized carbons (Fsp3) is 0.364. The molecule has 88 valence electrons. The number of hydrogen-bond acceptors (Lipinski definition) is 5. The lowest BCUT2D eigenvalue weighted by Gasteiger charge is -2.20. The number of carbonyl (C=O) groups excluding carboxylic acids is 1. The molecule has 0 unspecified atom stereocenters. The van der Waals surface area contributed by atoms with E-state index in [4.69, 9.17) is 10.5 Å². The normalized spacial score (nSPS) is 11.2. The monoisotopic (exact) mass is 225 g/mol. The van der Waals surface area contributed by atoms with Gasteiger partial charge in [-0.25, -0.2) is 4.79 Å². The molecule has 0 amide bonds. The summed E-state index contributed by atoms with van der Waals surface area (Å²) in [5.41, 5.74) is 4.81. The van der Waals surface area contributed by atoms with E-state index < -0.39 is 23.1 Å². The molecule has 0 aliphatic carbocycles. The number of nitrogens with two attached hydrogens (primary N) is 1. The van der Waals surface area contributed by atoms with E-state index in [0.29, 0.717) is 0 Å². The maximum atomic E-state index is 11.6. The molecule has 0 radical (unpaired) electrons. The predicted octanol–water partition coefficient (Wildman–Crippen LogP) is 1.64. The summed E-state index contributed by atoms with van der Waals surface area (Å²) in [6, 6.07) is 2.41. The van der Waals surface area contributed by atoms with Gasteiger partial charge in [0, 0.05) is 11.8 Å². The Morgan fingerprint density at radius 1 is 1.31 bits per heavy atom. The van der Waals surface area contributed by atoms with Crippen molar-refractivity contribution in [2.75, 3.05) is 5.73 Å². The molecular formula is C11H15NO4. The molecule has 1 aromatic rings. The van der Waals surface area contributed by atoms with Gasteiger partial charge in [0.05, 0.1) is 0 Å². The Morgan fingerprint density at radius 3 is 2.38 bits per heavy atom. The topological polar surface area (TPSA) is 92.8 Å². The van der Waals surface area contributed by atoms with Gasteiger partial charge in [0.15, 0.2) is 11.5 Å². The largest absolute Gasteiger partial charge is 0.504 e. The summed E-state index contributed by atoms with van der Waals surface area (Å²) in [5.74, 6) is -1.70. The van der Waals surface area contributed by atoms with Gasteiger partial charge in [-0.05, 0) is 26.8 Å². The molecule has 16 heavy (non-hydrogen) atoms. The number of carbonyl (C=O) groups is 1. The molecule has 0 fully saturated rings. The van der Waals surface area contributed by atoms with Crippen molar-refractivity contribution in [2.45, 2.75) is 26.4 Å². The van der Waals surface area contributed by atoms with Crippen LogP contribution in [0.4, 0.5) is 5.69 Å². The lowest BCUT2D eigenvalue weighted by molar-refractivity contribution is 0.00662. The molecule has 0 spiro atoms. The van der Waals surface area contributed by atoms with Gasteiger partial charge >= 0.3 is 5.97 Å². The molecule has 5 nitrogen and oxygen atoms in total. The third-order valence-corrected chi connectivity index (χ3v) is 1.73. The van der Waals surface area contributed by atoms with Crippen molar-refractivity contribution >= 4 is 11.7 Å². The van der Waals surface area contributed by atoms with Crippen LogP contribution >= 0.6 is 0 Å². The minimum absolute atomic E-state index is 0.146. The summed E-state index contributed by atoms with van der Waals surface area (Å²) in [5, 5.41) is 18.8. The van der Waals surface area contributed by atoms with Crippen LogP contribution in [0.1, 0.15) is 31.1 Å². The van der Waals surface area contributed by atoms with Crippen LogP contribution in [0.25, 0.3) is 0 Å². The third-order valence-electron chi connectivity index (χ3n) is 1.73. The van der Waals surface area contributed by atoms with E-state index in [1.54, 1.807) is 20.8 Å². The molecule has 1 aromatic carbocycles. The second kappa shape index (κ2) is 3.92. The van der Waals surface area contributed by atoms with Gasteiger partial charge in [-0.1, -0.05) is 0 Å². The van der Waals surface area contributed by atoms with E-state index in [2.05, 4.69) is 0 Å². The lowest BCUT2D eigenvalue weighted by Crippen LogP contribution is -2.24. The summed E-state index contributed by atoms with van der Waals surface area (Å²) in [6.45, 7) is 5.11. The summed E-state index contributed by atoms with van der Waals surface area (Å²) in [6.07, 6.45) is 0. The number of esters is 1. The first-order chi connectivity index (χ1) is 7.20. The zero-order chi connectivity index (χ0) is 12.5. The average Bonchev–Trinajstić information content (AvgIpc) is 2.08. The maximum Gasteiger partial charge on any atom is 0.342 e. The van der Waals surface area contributed by atoms with Gasteiger partial charge in [-0.3, -0.25) is 0 Å². The zero-order valence-corrected chi connectivity index (χ0v) is 9.44. The van der Waals surface area contributed by atoms with E-state index in [1.165, 1.54) is 6.07 Å². The van der Waals surface area contributed by atoms with E-state index >= 15 is 0 Å².